The molecule has 1 N–H and O–H groups in total. The molecule has 1 aromatic heterocycles. The largest absolute Gasteiger partial charge is 0.326 e. The molecule has 4 nitrogen and oxygen atoms in total. The third-order valence-corrected chi connectivity index (χ3v) is 3.99. The second-order valence-corrected chi connectivity index (χ2v) is 5.81. The van der Waals surface area contributed by atoms with E-state index in [1.807, 2.05) is 24.3 Å². The van der Waals surface area contributed by atoms with Crippen LogP contribution in [0.25, 0.3) is 0 Å². The first-order valence-corrected chi connectivity index (χ1v) is 8.12. The summed E-state index contributed by atoms with van der Waals surface area (Å²) in [5.41, 5.74) is 2.47. The van der Waals surface area contributed by atoms with Gasteiger partial charge in [0.05, 0.1) is 17.6 Å². The van der Waals surface area contributed by atoms with Crippen LogP contribution in [0.2, 0.25) is 0 Å². The molecule has 0 aliphatic heterocycles. The van der Waals surface area contributed by atoms with Crippen molar-refractivity contribution < 1.29 is 9.18 Å². The van der Waals surface area contributed by atoms with Gasteiger partial charge in [-0.15, -0.1) is 0 Å². The van der Waals surface area contributed by atoms with E-state index in [-0.39, 0.29) is 11.7 Å². The van der Waals surface area contributed by atoms with Crippen molar-refractivity contribution in [3.8, 4) is 6.07 Å². The molecule has 0 aliphatic rings. The Hall–Kier alpha value is -3.52. The number of halogens is 1. The average Bonchev–Trinajstić information content (AvgIpc) is 2.68. The summed E-state index contributed by atoms with van der Waals surface area (Å²) in [6.07, 6.45) is 2.06. The van der Waals surface area contributed by atoms with Gasteiger partial charge >= 0.3 is 0 Å². The van der Waals surface area contributed by atoms with Crippen LogP contribution in [0.5, 0.6) is 0 Å². The predicted molar refractivity (Wildman–Crippen MR) is 96.9 cm³/mol. The molecule has 0 radical (unpaired) electrons. The number of hydrogen-bond donors (Lipinski definition) is 1. The molecule has 0 aliphatic carbocycles. The first kappa shape index (κ1) is 17.3. The SMILES string of the molecule is N#Cc1cccc(NC(=O)C(Cc2ccccn2)c2ccc(F)cc2)c1. The summed E-state index contributed by atoms with van der Waals surface area (Å²) in [6.45, 7) is 0. The highest BCUT2D eigenvalue weighted by Crippen LogP contribution is 2.23. The van der Waals surface area contributed by atoms with Crippen molar-refractivity contribution in [1.82, 2.24) is 4.98 Å². The molecule has 128 valence electrons. The number of benzene rings is 2. The van der Waals surface area contributed by atoms with E-state index in [0.717, 1.165) is 5.69 Å². The Bertz CT molecular complexity index is 933. The Morgan fingerprint density at radius 1 is 1.12 bits per heavy atom. The maximum absolute atomic E-state index is 13.3. The minimum Gasteiger partial charge on any atom is -0.326 e. The van der Waals surface area contributed by atoms with Gasteiger partial charge in [-0.1, -0.05) is 24.3 Å². The fourth-order valence-electron chi connectivity index (χ4n) is 2.68. The first-order chi connectivity index (χ1) is 12.7. The maximum atomic E-state index is 13.3. The van der Waals surface area contributed by atoms with Gasteiger partial charge in [0, 0.05) is 24.0 Å². The maximum Gasteiger partial charge on any atom is 0.232 e. The lowest BCUT2D eigenvalue weighted by Crippen LogP contribution is -2.23. The molecule has 0 bridgehead atoms. The zero-order chi connectivity index (χ0) is 18.4. The van der Waals surface area contributed by atoms with Crippen molar-refractivity contribution in [3.05, 3.63) is 95.6 Å². The molecule has 0 spiro atoms. The second kappa shape index (κ2) is 8.04. The lowest BCUT2D eigenvalue weighted by Gasteiger charge is -2.17. The quantitative estimate of drug-likeness (QED) is 0.758. The van der Waals surface area contributed by atoms with Crippen LogP contribution in [0, 0.1) is 17.1 Å². The fourth-order valence-corrected chi connectivity index (χ4v) is 2.68. The monoisotopic (exact) mass is 345 g/mol. The first-order valence-electron chi connectivity index (χ1n) is 8.12. The van der Waals surface area contributed by atoms with Crippen molar-refractivity contribution in [3.63, 3.8) is 0 Å². The highest BCUT2D eigenvalue weighted by Gasteiger charge is 2.22. The van der Waals surface area contributed by atoms with E-state index >= 15 is 0 Å². The van der Waals surface area contributed by atoms with Crippen LogP contribution in [-0.2, 0) is 11.2 Å². The van der Waals surface area contributed by atoms with Crippen LogP contribution >= 0.6 is 0 Å². The molecule has 2 aromatic carbocycles. The number of aromatic nitrogens is 1. The van der Waals surface area contributed by atoms with Crippen LogP contribution in [0.4, 0.5) is 10.1 Å². The number of amides is 1. The number of anilines is 1. The van der Waals surface area contributed by atoms with Crippen LogP contribution in [0.1, 0.15) is 22.7 Å². The highest BCUT2D eigenvalue weighted by atomic mass is 19.1. The number of carbonyl (C=O) groups excluding carboxylic acids is 1. The minimum atomic E-state index is -0.531. The minimum absolute atomic E-state index is 0.239. The summed E-state index contributed by atoms with van der Waals surface area (Å²) in [7, 11) is 0. The normalized spacial score (nSPS) is 11.4. The molecule has 3 rings (SSSR count). The number of rotatable bonds is 5. The van der Waals surface area contributed by atoms with E-state index in [1.165, 1.54) is 12.1 Å². The molecule has 3 aromatic rings. The van der Waals surface area contributed by atoms with Gasteiger partial charge in [-0.25, -0.2) is 4.39 Å². The van der Waals surface area contributed by atoms with Crippen LogP contribution in [0.15, 0.2) is 72.9 Å². The van der Waals surface area contributed by atoms with Crippen LogP contribution < -0.4 is 5.32 Å². The Kier molecular flexibility index (Phi) is 5.35. The molecule has 1 atom stereocenters. The summed E-state index contributed by atoms with van der Waals surface area (Å²) in [4.78, 5) is 17.2. The number of pyridine rings is 1. The van der Waals surface area contributed by atoms with Gasteiger partial charge in [-0.3, -0.25) is 9.78 Å². The summed E-state index contributed by atoms with van der Waals surface area (Å²) in [5.74, 6) is -1.12. The number of nitriles is 1. The van der Waals surface area contributed by atoms with Crippen LogP contribution in [0.3, 0.4) is 0 Å². The Morgan fingerprint density at radius 3 is 2.62 bits per heavy atom. The topological polar surface area (TPSA) is 65.8 Å². The predicted octanol–water partition coefficient (Wildman–Crippen LogP) is 4.06. The van der Waals surface area contributed by atoms with Crippen molar-refractivity contribution in [1.29, 1.82) is 5.26 Å². The Labute approximate surface area is 150 Å². The fraction of sp³-hybridized carbons (Fsp3) is 0.0952. The molecular formula is C21H16FN3O. The third kappa shape index (κ3) is 4.31. The van der Waals surface area contributed by atoms with Crippen molar-refractivity contribution in [2.75, 3.05) is 5.32 Å². The van der Waals surface area contributed by atoms with Gasteiger partial charge in [0.15, 0.2) is 0 Å². The lowest BCUT2D eigenvalue weighted by molar-refractivity contribution is -0.117. The van der Waals surface area contributed by atoms with E-state index in [0.29, 0.717) is 23.2 Å². The molecule has 0 saturated carbocycles. The zero-order valence-electron chi connectivity index (χ0n) is 13.9. The molecule has 0 fully saturated rings. The molecule has 1 heterocycles. The number of nitrogens with one attached hydrogen (secondary N) is 1. The van der Waals surface area contributed by atoms with Crippen molar-refractivity contribution >= 4 is 11.6 Å². The van der Waals surface area contributed by atoms with Gasteiger partial charge in [-0.2, -0.15) is 5.26 Å². The smallest absolute Gasteiger partial charge is 0.232 e. The summed E-state index contributed by atoms with van der Waals surface area (Å²) in [6, 6.07) is 20.2. The average molecular weight is 345 g/mol. The highest BCUT2D eigenvalue weighted by molar-refractivity contribution is 5.96. The van der Waals surface area contributed by atoms with E-state index in [9.17, 15) is 9.18 Å². The van der Waals surface area contributed by atoms with E-state index in [4.69, 9.17) is 5.26 Å². The number of hydrogen-bond acceptors (Lipinski definition) is 3. The molecule has 26 heavy (non-hydrogen) atoms. The van der Waals surface area contributed by atoms with Gasteiger partial charge in [-0.05, 0) is 48.0 Å². The van der Waals surface area contributed by atoms with Gasteiger partial charge < -0.3 is 5.32 Å². The summed E-state index contributed by atoms with van der Waals surface area (Å²) >= 11 is 0. The molecule has 1 unspecified atom stereocenters. The molecule has 1 amide bonds. The number of nitrogens with zero attached hydrogens (tertiary/aromatic N) is 2. The van der Waals surface area contributed by atoms with Crippen molar-refractivity contribution in [2.45, 2.75) is 12.3 Å². The van der Waals surface area contributed by atoms with Gasteiger partial charge in [0.1, 0.15) is 5.82 Å². The van der Waals surface area contributed by atoms with Gasteiger partial charge in [0.2, 0.25) is 5.91 Å². The van der Waals surface area contributed by atoms with Crippen LogP contribution in [-0.4, -0.2) is 10.9 Å². The Balaban J connectivity index is 1.87. The lowest BCUT2D eigenvalue weighted by atomic mass is 9.93. The van der Waals surface area contributed by atoms with E-state index < -0.39 is 5.92 Å². The third-order valence-electron chi connectivity index (χ3n) is 3.99. The summed E-state index contributed by atoms with van der Waals surface area (Å²) < 4.78 is 13.3. The zero-order valence-corrected chi connectivity index (χ0v) is 13.9. The van der Waals surface area contributed by atoms with Crippen molar-refractivity contribution in [2.24, 2.45) is 0 Å². The number of carbonyl (C=O) groups is 1. The standard InChI is InChI=1S/C21H16FN3O/c22-17-9-7-16(8-10-17)20(13-18-5-1-2-11-24-18)21(26)25-19-6-3-4-15(12-19)14-23/h1-12,20H,13H2,(H,25,26). The summed E-state index contributed by atoms with van der Waals surface area (Å²) in [5, 5.41) is 11.8. The Morgan fingerprint density at radius 2 is 1.92 bits per heavy atom. The van der Waals surface area contributed by atoms with E-state index in [1.54, 1.807) is 42.6 Å². The molecule has 0 saturated heterocycles. The molecule has 5 heteroatoms. The van der Waals surface area contributed by atoms with E-state index in [2.05, 4.69) is 10.3 Å². The second-order valence-electron chi connectivity index (χ2n) is 5.81. The van der Waals surface area contributed by atoms with Gasteiger partial charge in [0.25, 0.3) is 0 Å². The molecular weight excluding hydrogens is 329 g/mol.